The quantitative estimate of drug-likeness (QED) is 0.383. The number of aromatic nitrogens is 1. The van der Waals surface area contributed by atoms with E-state index >= 15 is 0 Å². The van der Waals surface area contributed by atoms with Crippen molar-refractivity contribution in [1.82, 2.24) is 4.98 Å². The molecule has 1 fully saturated rings. The Kier molecular flexibility index (Phi) is 6.63. The molecule has 0 saturated carbocycles. The SMILES string of the molecule is NC(=O)c1ccc(Cl)c(-c2cnc(Cc3c(Cl)cccc3I)c(C3CCCO3)c2)c1. The Morgan fingerprint density at radius 2 is 2.03 bits per heavy atom. The van der Waals surface area contributed by atoms with Crippen LogP contribution in [-0.2, 0) is 11.2 Å². The lowest BCUT2D eigenvalue weighted by Gasteiger charge is -2.18. The predicted octanol–water partition coefficient (Wildman–Crippen LogP) is 6.20. The van der Waals surface area contributed by atoms with Crippen LogP contribution in [0.1, 0.15) is 46.1 Å². The standard InChI is InChI=1S/C23H19Cl2IN2O2/c24-18-3-1-4-20(26)16(18)11-21-17(22-5-2-8-30-22)10-14(12-28-21)15-9-13(23(27)29)6-7-19(15)25/h1,3-4,6-7,9-10,12,22H,2,5,8,11H2,(H2,27,29). The van der Waals surface area contributed by atoms with E-state index < -0.39 is 5.91 Å². The fourth-order valence-corrected chi connectivity index (χ4v) is 4.99. The molecule has 1 amide bonds. The number of carbonyl (C=O) groups excluding carboxylic acids is 1. The summed E-state index contributed by atoms with van der Waals surface area (Å²) in [5, 5.41) is 1.26. The van der Waals surface area contributed by atoms with E-state index in [2.05, 4.69) is 28.7 Å². The topological polar surface area (TPSA) is 65.2 Å². The highest BCUT2D eigenvalue weighted by Crippen LogP contribution is 2.36. The Bertz CT molecular complexity index is 1090. The zero-order valence-corrected chi connectivity index (χ0v) is 19.7. The maximum absolute atomic E-state index is 11.6. The number of nitrogens with two attached hydrogens (primary N) is 1. The van der Waals surface area contributed by atoms with Crippen LogP contribution in [0, 0.1) is 3.57 Å². The lowest BCUT2D eigenvalue weighted by molar-refractivity contribution is 0.1000. The van der Waals surface area contributed by atoms with Crippen LogP contribution in [0.4, 0.5) is 0 Å². The first-order valence-electron chi connectivity index (χ1n) is 9.57. The van der Waals surface area contributed by atoms with E-state index in [-0.39, 0.29) is 6.10 Å². The molecule has 1 aliphatic heterocycles. The Morgan fingerprint density at radius 1 is 1.20 bits per heavy atom. The maximum Gasteiger partial charge on any atom is 0.248 e. The number of pyridine rings is 1. The molecule has 0 radical (unpaired) electrons. The van der Waals surface area contributed by atoms with Crippen molar-refractivity contribution in [3.8, 4) is 11.1 Å². The summed E-state index contributed by atoms with van der Waals surface area (Å²) < 4.78 is 7.08. The minimum atomic E-state index is -0.495. The highest BCUT2D eigenvalue weighted by atomic mass is 127. The second kappa shape index (κ2) is 9.22. The number of ether oxygens (including phenoxy) is 1. The van der Waals surface area contributed by atoms with Gasteiger partial charge in [0.05, 0.1) is 11.8 Å². The third-order valence-electron chi connectivity index (χ3n) is 5.25. The van der Waals surface area contributed by atoms with E-state index in [0.717, 1.165) is 56.0 Å². The minimum absolute atomic E-state index is 0.0225. The van der Waals surface area contributed by atoms with Crippen LogP contribution in [0.5, 0.6) is 0 Å². The van der Waals surface area contributed by atoms with Gasteiger partial charge in [-0.05, 0) is 77.4 Å². The Balaban J connectivity index is 1.80. The van der Waals surface area contributed by atoms with Crippen LogP contribution >= 0.6 is 45.8 Å². The van der Waals surface area contributed by atoms with Crippen LogP contribution in [-0.4, -0.2) is 17.5 Å². The van der Waals surface area contributed by atoms with Crippen LogP contribution in [0.25, 0.3) is 11.1 Å². The second-order valence-corrected chi connectivity index (χ2v) is 9.17. The number of hydrogen-bond donors (Lipinski definition) is 1. The molecule has 4 nitrogen and oxygen atoms in total. The van der Waals surface area contributed by atoms with Crippen molar-refractivity contribution in [3.05, 3.63) is 84.7 Å². The van der Waals surface area contributed by atoms with Crippen molar-refractivity contribution in [2.24, 2.45) is 5.73 Å². The summed E-state index contributed by atoms with van der Waals surface area (Å²) in [6.45, 7) is 0.732. The van der Waals surface area contributed by atoms with Gasteiger partial charge in [0.2, 0.25) is 5.91 Å². The molecule has 1 aliphatic rings. The average molecular weight is 553 g/mol. The molecule has 1 saturated heterocycles. The monoisotopic (exact) mass is 552 g/mol. The molecular weight excluding hydrogens is 534 g/mol. The minimum Gasteiger partial charge on any atom is -0.373 e. The molecule has 1 unspecified atom stereocenters. The molecule has 2 aromatic carbocycles. The molecule has 0 bridgehead atoms. The summed E-state index contributed by atoms with van der Waals surface area (Å²) in [5.74, 6) is -0.495. The molecular formula is C23H19Cl2IN2O2. The van der Waals surface area contributed by atoms with Crippen molar-refractivity contribution in [2.75, 3.05) is 6.61 Å². The van der Waals surface area contributed by atoms with E-state index in [1.807, 2.05) is 18.2 Å². The largest absolute Gasteiger partial charge is 0.373 e. The molecule has 2 N–H and O–H groups in total. The van der Waals surface area contributed by atoms with Crippen molar-refractivity contribution in [3.63, 3.8) is 0 Å². The van der Waals surface area contributed by atoms with Gasteiger partial charge in [0.15, 0.2) is 0 Å². The molecule has 3 aromatic rings. The molecule has 4 rings (SSSR count). The van der Waals surface area contributed by atoms with E-state index in [1.54, 1.807) is 24.4 Å². The third-order valence-corrected chi connectivity index (χ3v) is 6.94. The summed E-state index contributed by atoms with van der Waals surface area (Å²) >= 11 is 15.2. The Labute approximate surface area is 198 Å². The zero-order chi connectivity index (χ0) is 21.3. The molecule has 154 valence electrons. The second-order valence-electron chi connectivity index (χ2n) is 7.20. The van der Waals surface area contributed by atoms with Crippen LogP contribution in [0.2, 0.25) is 10.0 Å². The van der Waals surface area contributed by atoms with E-state index in [1.165, 1.54) is 0 Å². The van der Waals surface area contributed by atoms with Crippen LogP contribution in [0.15, 0.2) is 48.7 Å². The molecule has 1 aromatic heterocycles. The number of benzene rings is 2. The normalized spacial score (nSPS) is 16.0. The summed E-state index contributed by atoms with van der Waals surface area (Å²) in [6, 6.07) is 13.0. The van der Waals surface area contributed by atoms with E-state index in [9.17, 15) is 4.79 Å². The van der Waals surface area contributed by atoms with E-state index in [4.69, 9.17) is 38.7 Å². The zero-order valence-electron chi connectivity index (χ0n) is 16.0. The van der Waals surface area contributed by atoms with Crippen LogP contribution < -0.4 is 5.73 Å². The highest BCUT2D eigenvalue weighted by Gasteiger charge is 2.23. The number of amides is 1. The van der Waals surface area contributed by atoms with Gasteiger partial charge in [0, 0.05) is 55.1 Å². The Morgan fingerprint density at radius 3 is 2.73 bits per heavy atom. The number of primary amides is 1. The summed E-state index contributed by atoms with van der Waals surface area (Å²) in [4.78, 5) is 16.4. The predicted molar refractivity (Wildman–Crippen MR) is 128 cm³/mol. The van der Waals surface area contributed by atoms with Crippen molar-refractivity contribution in [1.29, 1.82) is 0 Å². The van der Waals surface area contributed by atoms with Gasteiger partial charge in [0.1, 0.15) is 0 Å². The molecule has 2 heterocycles. The first kappa shape index (κ1) is 21.6. The van der Waals surface area contributed by atoms with Crippen molar-refractivity contribution < 1.29 is 9.53 Å². The molecule has 30 heavy (non-hydrogen) atoms. The van der Waals surface area contributed by atoms with Gasteiger partial charge in [-0.3, -0.25) is 9.78 Å². The fourth-order valence-electron chi connectivity index (χ4n) is 3.68. The number of halogens is 3. The van der Waals surface area contributed by atoms with Gasteiger partial charge in [-0.25, -0.2) is 0 Å². The first-order chi connectivity index (χ1) is 14.4. The number of carbonyl (C=O) groups is 1. The van der Waals surface area contributed by atoms with Gasteiger partial charge in [0.25, 0.3) is 0 Å². The van der Waals surface area contributed by atoms with Gasteiger partial charge < -0.3 is 10.5 Å². The molecule has 0 spiro atoms. The molecule has 0 aliphatic carbocycles. The smallest absolute Gasteiger partial charge is 0.248 e. The van der Waals surface area contributed by atoms with E-state index in [0.29, 0.717) is 17.0 Å². The van der Waals surface area contributed by atoms with Gasteiger partial charge >= 0.3 is 0 Å². The summed E-state index contributed by atoms with van der Waals surface area (Å²) in [6.07, 6.45) is 4.32. The number of hydrogen-bond acceptors (Lipinski definition) is 3. The third kappa shape index (κ3) is 4.49. The van der Waals surface area contributed by atoms with Crippen molar-refractivity contribution in [2.45, 2.75) is 25.4 Å². The van der Waals surface area contributed by atoms with Crippen molar-refractivity contribution >= 4 is 51.7 Å². The maximum atomic E-state index is 11.6. The summed E-state index contributed by atoms with van der Waals surface area (Å²) in [7, 11) is 0. The first-order valence-corrected chi connectivity index (χ1v) is 11.4. The van der Waals surface area contributed by atoms with Gasteiger partial charge in [-0.15, -0.1) is 0 Å². The fraction of sp³-hybridized carbons (Fsp3) is 0.217. The lowest BCUT2D eigenvalue weighted by atomic mass is 9.95. The Hall–Kier alpha value is -1.67. The highest BCUT2D eigenvalue weighted by molar-refractivity contribution is 14.1. The van der Waals surface area contributed by atoms with Crippen LogP contribution in [0.3, 0.4) is 0 Å². The molecule has 7 heteroatoms. The number of nitrogens with zero attached hydrogens (tertiary/aromatic N) is 1. The lowest BCUT2D eigenvalue weighted by Crippen LogP contribution is -2.11. The summed E-state index contributed by atoms with van der Waals surface area (Å²) in [5.41, 5.74) is 10.4. The average Bonchev–Trinajstić information content (AvgIpc) is 3.26. The van der Waals surface area contributed by atoms with Gasteiger partial charge in [-0.2, -0.15) is 0 Å². The number of rotatable bonds is 5. The molecule has 1 atom stereocenters. The van der Waals surface area contributed by atoms with Gasteiger partial charge in [-0.1, -0.05) is 29.3 Å².